The molecule has 0 N–H and O–H groups in total. The van der Waals surface area contributed by atoms with Gasteiger partial charge in [0.15, 0.2) is 0 Å². The van der Waals surface area contributed by atoms with Crippen LogP contribution in [0.3, 0.4) is 0 Å². The van der Waals surface area contributed by atoms with Crippen LogP contribution in [0, 0.1) is 0 Å². The van der Waals surface area contributed by atoms with E-state index in [0.29, 0.717) is 5.56 Å². The Morgan fingerprint density at radius 2 is 1.81 bits per heavy atom. The number of nitrogens with zero attached hydrogens (tertiary/aromatic N) is 1. The number of ether oxygens (including phenoxy) is 1. The molecular formula is C18H17NO2. The molecule has 0 amide bonds. The fraction of sp³-hybridized carbons (Fsp3) is 0.222. The van der Waals surface area contributed by atoms with Crippen LogP contribution in [0.1, 0.15) is 31.1 Å². The lowest BCUT2D eigenvalue weighted by Crippen LogP contribution is -2.23. The predicted octanol–water partition coefficient (Wildman–Crippen LogP) is 4.34. The smallest absolute Gasteiger partial charge is 0.338 e. The number of rotatable bonds is 1. The van der Waals surface area contributed by atoms with Crippen molar-refractivity contribution in [2.75, 3.05) is 0 Å². The molecule has 0 spiro atoms. The molecule has 2 aromatic carbocycles. The maximum Gasteiger partial charge on any atom is 0.338 e. The van der Waals surface area contributed by atoms with Crippen molar-refractivity contribution < 1.29 is 9.53 Å². The van der Waals surface area contributed by atoms with Crippen molar-refractivity contribution in [2.45, 2.75) is 26.4 Å². The van der Waals surface area contributed by atoms with Crippen LogP contribution in [0.2, 0.25) is 0 Å². The maximum absolute atomic E-state index is 12.1. The van der Waals surface area contributed by atoms with E-state index >= 15 is 0 Å². The standard InChI is InChI=1S/C18H17NO2/c1-18(2,3)21-17(20)14-7-6-12-11-16-13(5-4-8-19-16)9-15(12)10-14/h4-11H,1-3H3. The summed E-state index contributed by atoms with van der Waals surface area (Å²) in [6.45, 7) is 5.60. The first-order chi connectivity index (χ1) is 9.92. The molecule has 3 heteroatoms. The summed E-state index contributed by atoms with van der Waals surface area (Å²) in [6.07, 6.45) is 1.78. The van der Waals surface area contributed by atoms with Gasteiger partial charge in [0, 0.05) is 11.6 Å². The van der Waals surface area contributed by atoms with Crippen LogP contribution in [0.25, 0.3) is 21.7 Å². The van der Waals surface area contributed by atoms with Crippen LogP contribution in [0.15, 0.2) is 48.7 Å². The molecule has 3 aromatic rings. The molecule has 0 saturated heterocycles. The molecule has 0 aliphatic carbocycles. The summed E-state index contributed by atoms with van der Waals surface area (Å²) < 4.78 is 5.41. The highest BCUT2D eigenvalue weighted by molar-refractivity contribution is 6.00. The summed E-state index contributed by atoms with van der Waals surface area (Å²) in [5, 5.41) is 3.14. The third-order valence-electron chi connectivity index (χ3n) is 3.20. The number of benzene rings is 2. The second-order valence-corrected chi connectivity index (χ2v) is 6.11. The zero-order valence-electron chi connectivity index (χ0n) is 12.4. The number of fused-ring (bicyclic) bond motifs is 2. The first-order valence-electron chi connectivity index (χ1n) is 6.94. The number of aromatic nitrogens is 1. The van der Waals surface area contributed by atoms with Crippen molar-refractivity contribution in [1.82, 2.24) is 4.98 Å². The molecule has 0 aliphatic heterocycles. The lowest BCUT2D eigenvalue weighted by atomic mass is 10.0. The largest absolute Gasteiger partial charge is 0.456 e. The van der Waals surface area contributed by atoms with Crippen LogP contribution in [-0.2, 0) is 4.74 Å². The molecule has 0 unspecified atom stereocenters. The average molecular weight is 279 g/mol. The van der Waals surface area contributed by atoms with Gasteiger partial charge < -0.3 is 4.74 Å². The van der Waals surface area contributed by atoms with Gasteiger partial charge in [0.05, 0.1) is 11.1 Å². The summed E-state index contributed by atoms with van der Waals surface area (Å²) in [6, 6.07) is 13.6. The minimum absolute atomic E-state index is 0.296. The van der Waals surface area contributed by atoms with Gasteiger partial charge in [0.1, 0.15) is 5.60 Å². The van der Waals surface area contributed by atoms with Gasteiger partial charge in [-0.05, 0) is 61.9 Å². The van der Waals surface area contributed by atoms with Crippen LogP contribution in [0.4, 0.5) is 0 Å². The molecule has 3 nitrogen and oxygen atoms in total. The molecule has 3 rings (SSSR count). The highest BCUT2D eigenvalue weighted by atomic mass is 16.6. The average Bonchev–Trinajstić information content (AvgIpc) is 2.42. The third kappa shape index (κ3) is 2.87. The highest BCUT2D eigenvalue weighted by Gasteiger charge is 2.18. The topological polar surface area (TPSA) is 39.2 Å². The fourth-order valence-corrected chi connectivity index (χ4v) is 2.28. The Morgan fingerprint density at radius 3 is 2.57 bits per heavy atom. The van der Waals surface area contributed by atoms with Crippen molar-refractivity contribution in [1.29, 1.82) is 0 Å². The van der Waals surface area contributed by atoms with Crippen molar-refractivity contribution in [3.05, 3.63) is 54.2 Å². The Morgan fingerprint density at radius 1 is 1.00 bits per heavy atom. The molecule has 106 valence electrons. The van der Waals surface area contributed by atoms with E-state index in [-0.39, 0.29) is 5.97 Å². The summed E-state index contributed by atoms with van der Waals surface area (Å²) in [5.74, 6) is -0.296. The van der Waals surface area contributed by atoms with E-state index in [4.69, 9.17) is 4.74 Å². The molecule has 0 saturated carbocycles. The first kappa shape index (κ1) is 13.6. The molecular weight excluding hydrogens is 262 g/mol. The second-order valence-electron chi connectivity index (χ2n) is 6.11. The Hall–Kier alpha value is -2.42. The van der Waals surface area contributed by atoms with Crippen LogP contribution in [-0.4, -0.2) is 16.6 Å². The van der Waals surface area contributed by atoms with Crippen LogP contribution < -0.4 is 0 Å². The van der Waals surface area contributed by atoms with E-state index in [0.717, 1.165) is 21.7 Å². The first-order valence-corrected chi connectivity index (χ1v) is 6.94. The minimum atomic E-state index is -0.487. The summed E-state index contributed by atoms with van der Waals surface area (Å²) in [7, 11) is 0. The number of hydrogen-bond acceptors (Lipinski definition) is 3. The van der Waals surface area contributed by atoms with Gasteiger partial charge in [-0.1, -0.05) is 12.1 Å². The molecule has 0 aliphatic rings. The molecule has 0 radical (unpaired) electrons. The zero-order chi connectivity index (χ0) is 15.0. The van der Waals surface area contributed by atoms with Crippen molar-refractivity contribution in [3.8, 4) is 0 Å². The highest BCUT2D eigenvalue weighted by Crippen LogP contribution is 2.23. The van der Waals surface area contributed by atoms with Crippen molar-refractivity contribution >= 4 is 27.6 Å². The second kappa shape index (κ2) is 4.85. The van der Waals surface area contributed by atoms with E-state index in [1.807, 2.05) is 57.2 Å². The van der Waals surface area contributed by atoms with E-state index in [9.17, 15) is 4.79 Å². The molecule has 0 atom stereocenters. The normalized spacial score (nSPS) is 11.8. The summed E-state index contributed by atoms with van der Waals surface area (Å²) in [5.41, 5.74) is 1.04. The van der Waals surface area contributed by atoms with Gasteiger partial charge in [0.25, 0.3) is 0 Å². The van der Waals surface area contributed by atoms with E-state index in [1.54, 1.807) is 12.3 Å². The number of esters is 1. The Kier molecular flexibility index (Phi) is 3.13. The molecule has 0 fully saturated rings. The predicted molar refractivity (Wildman–Crippen MR) is 84.4 cm³/mol. The lowest BCUT2D eigenvalue weighted by molar-refractivity contribution is 0.00697. The van der Waals surface area contributed by atoms with Crippen molar-refractivity contribution in [2.24, 2.45) is 0 Å². The maximum atomic E-state index is 12.1. The summed E-state index contributed by atoms with van der Waals surface area (Å²) in [4.78, 5) is 16.5. The quantitative estimate of drug-likeness (QED) is 0.491. The van der Waals surface area contributed by atoms with Gasteiger partial charge in [-0.3, -0.25) is 4.98 Å². The van der Waals surface area contributed by atoms with Gasteiger partial charge in [-0.2, -0.15) is 0 Å². The van der Waals surface area contributed by atoms with Crippen LogP contribution >= 0.6 is 0 Å². The number of carbonyl (C=O) groups is 1. The fourth-order valence-electron chi connectivity index (χ4n) is 2.28. The van der Waals surface area contributed by atoms with Crippen molar-refractivity contribution in [3.63, 3.8) is 0 Å². The van der Waals surface area contributed by atoms with Gasteiger partial charge in [0.2, 0.25) is 0 Å². The lowest BCUT2D eigenvalue weighted by Gasteiger charge is -2.19. The van der Waals surface area contributed by atoms with Gasteiger partial charge in [-0.25, -0.2) is 4.79 Å². The number of hydrogen-bond donors (Lipinski definition) is 0. The number of pyridine rings is 1. The summed E-state index contributed by atoms with van der Waals surface area (Å²) >= 11 is 0. The third-order valence-corrected chi connectivity index (χ3v) is 3.20. The van der Waals surface area contributed by atoms with E-state index < -0.39 is 5.60 Å². The molecule has 0 bridgehead atoms. The monoisotopic (exact) mass is 279 g/mol. The van der Waals surface area contributed by atoms with E-state index in [1.165, 1.54) is 0 Å². The Balaban J connectivity index is 2.07. The Bertz CT molecular complexity index is 831. The minimum Gasteiger partial charge on any atom is -0.456 e. The molecule has 1 heterocycles. The van der Waals surface area contributed by atoms with Gasteiger partial charge in [-0.15, -0.1) is 0 Å². The molecule has 1 aromatic heterocycles. The van der Waals surface area contributed by atoms with E-state index in [2.05, 4.69) is 4.98 Å². The van der Waals surface area contributed by atoms with Crippen LogP contribution in [0.5, 0.6) is 0 Å². The van der Waals surface area contributed by atoms with Gasteiger partial charge >= 0.3 is 5.97 Å². The number of carbonyl (C=O) groups excluding carboxylic acids is 1. The SMILES string of the molecule is CC(C)(C)OC(=O)c1ccc2cc3ncccc3cc2c1. The molecule has 21 heavy (non-hydrogen) atoms. The zero-order valence-corrected chi connectivity index (χ0v) is 12.4. The Labute approximate surface area is 123 Å².